The predicted octanol–water partition coefficient (Wildman–Crippen LogP) is 11.1. The summed E-state index contributed by atoms with van der Waals surface area (Å²) in [6, 6.07) is 46.5. The Bertz CT molecular complexity index is 4770. The van der Waals surface area contributed by atoms with Crippen molar-refractivity contribution in [3.63, 3.8) is 0 Å². The summed E-state index contributed by atoms with van der Waals surface area (Å²) in [4.78, 5) is 101. The van der Waals surface area contributed by atoms with E-state index in [1.165, 1.54) is 28.4 Å². The number of pyridine rings is 3. The molecular weight excluding hydrogens is 1300 g/mol. The lowest BCUT2D eigenvalue weighted by Crippen LogP contribution is -2.45. The van der Waals surface area contributed by atoms with Crippen LogP contribution in [0.1, 0.15) is 47.8 Å². The molecule has 98 heavy (non-hydrogen) atoms. The Labute approximate surface area is 575 Å². The quantitative estimate of drug-likeness (QED) is 0.0532. The fourth-order valence-electron chi connectivity index (χ4n) is 11.2. The maximum atomic E-state index is 13.2. The van der Waals surface area contributed by atoms with Crippen LogP contribution in [0.5, 0.6) is 17.2 Å². The number of hydrogen-bond donors (Lipinski definition) is 3. The predicted molar refractivity (Wildman–Crippen MR) is 380 cm³/mol. The first-order valence-electron chi connectivity index (χ1n) is 30.8. The van der Waals surface area contributed by atoms with E-state index in [0.717, 1.165) is 55.0 Å². The van der Waals surface area contributed by atoms with Gasteiger partial charge >= 0.3 is 24.0 Å². The van der Waals surface area contributed by atoms with Gasteiger partial charge in [0, 0.05) is 50.1 Å². The fraction of sp³-hybridized carbons (Fsp3) is 0.253. The van der Waals surface area contributed by atoms with Gasteiger partial charge in [0.15, 0.2) is 0 Å². The third kappa shape index (κ3) is 16.5. The maximum absolute atomic E-state index is 13.2. The maximum Gasteiger partial charge on any atom is 0.408 e. The number of fused-ring (bicyclic) bond motifs is 3. The van der Waals surface area contributed by atoms with Crippen LogP contribution in [0, 0.1) is 0 Å². The summed E-state index contributed by atoms with van der Waals surface area (Å²) in [6.07, 6.45) is -0.00380. The summed E-state index contributed by atoms with van der Waals surface area (Å²) in [5.74, 6) is -0.706. The highest BCUT2D eigenvalue weighted by Crippen LogP contribution is 2.37. The van der Waals surface area contributed by atoms with E-state index in [9.17, 15) is 38.4 Å². The third-order valence-electron chi connectivity index (χ3n) is 16.1. The molecule has 0 unspecified atom stereocenters. The lowest BCUT2D eigenvalue weighted by molar-refractivity contribution is -0.143. The second kappa shape index (κ2) is 32.3. The number of nitrogens with two attached hydrogens (primary N) is 1. The number of methoxy groups -OCH3 is 6. The Hall–Kier alpha value is -10.7. The molecule has 21 nitrogen and oxygen atoms in total. The minimum atomic E-state index is -0.987. The molecule has 3 atom stereocenters. The summed E-state index contributed by atoms with van der Waals surface area (Å²) in [5.41, 5.74) is 12.9. The van der Waals surface area contributed by atoms with E-state index in [1.807, 2.05) is 97.1 Å². The Morgan fingerprint density at radius 2 is 0.755 bits per heavy atom. The molecule has 0 aliphatic rings. The monoisotopic (exact) mass is 1370 g/mol. The number of amides is 2. The van der Waals surface area contributed by atoms with E-state index < -0.39 is 53.6 Å². The van der Waals surface area contributed by atoms with E-state index in [4.69, 9.17) is 57.4 Å². The number of halogens is 2. The number of para-hydroxylation sites is 3. The van der Waals surface area contributed by atoms with E-state index in [1.54, 1.807) is 137 Å². The van der Waals surface area contributed by atoms with Crippen molar-refractivity contribution in [2.45, 2.75) is 63.8 Å². The van der Waals surface area contributed by atoms with Crippen LogP contribution in [0.3, 0.4) is 0 Å². The van der Waals surface area contributed by atoms with Gasteiger partial charge in [-0.05, 0) is 109 Å². The Balaban J connectivity index is 0.000000190. The molecule has 4 N–H and O–H groups in total. The fourth-order valence-corrected chi connectivity index (χ4v) is 11.8. The average Bonchev–Trinajstić information content (AvgIpc) is 0.774. The highest BCUT2D eigenvalue weighted by molar-refractivity contribution is 6.39. The first kappa shape index (κ1) is 73.1. The molecule has 3 heterocycles. The van der Waals surface area contributed by atoms with Gasteiger partial charge in [-0.15, -0.1) is 0 Å². The molecule has 3 aromatic heterocycles. The van der Waals surface area contributed by atoms with Gasteiger partial charge in [-0.2, -0.15) is 0 Å². The van der Waals surface area contributed by atoms with Crippen molar-refractivity contribution < 1.29 is 57.1 Å². The van der Waals surface area contributed by atoms with Crippen LogP contribution in [-0.2, 0) is 73.7 Å². The molecule has 0 fully saturated rings. The molecule has 0 radical (unpaired) electrons. The number of benzene rings is 7. The lowest BCUT2D eigenvalue weighted by Gasteiger charge is -2.22. The van der Waals surface area contributed by atoms with Crippen LogP contribution in [-0.4, -0.2) is 110 Å². The number of nitrogens with one attached hydrogen (secondary N) is 2. The summed E-state index contributed by atoms with van der Waals surface area (Å²) in [6.45, 7) is 5.22. The number of rotatable bonds is 18. The minimum Gasteiger partial charge on any atom is -0.495 e. The van der Waals surface area contributed by atoms with Crippen molar-refractivity contribution in [3.8, 4) is 50.6 Å². The molecule has 2 amide bonds. The zero-order valence-electron chi connectivity index (χ0n) is 56.2. The van der Waals surface area contributed by atoms with Gasteiger partial charge in [0.05, 0.1) is 91.5 Å². The zero-order valence-corrected chi connectivity index (χ0v) is 57.8. The molecule has 7 aromatic carbocycles. The highest BCUT2D eigenvalue weighted by atomic mass is 35.5. The molecule has 10 rings (SSSR count). The van der Waals surface area contributed by atoms with E-state index in [2.05, 4.69) is 15.4 Å². The van der Waals surface area contributed by atoms with Crippen molar-refractivity contribution in [2.75, 3.05) is 42.7 Å². The molecule has 0 bridgehead atoms. The summed E-state index contributed by atoms with van der Waals surface area (Å²) in [5, 5.41) is 8.08. The number of nitrogens with zero attached hydrogens (tertiary/aromatic N) is 3. The molecule has 0 aliphatic carbocycles. The molecule has 0 saturated heterocycles. The Morgan fingerprint density at radius 1 is 0.439 bits per heavy atom. The van der Waals surface area contributed by atoms with Gasteiger partial charge in [0.1, 0.15) is 41.0 Å². The van der Waals surface area contributed by atoms with Gasteiger partial charge in [0.25, 0.3) is 22.6 Å². The molecular formula is C75H76Cl2N6O15. The first-order valence-corrected chi connectivity index (χ1v) is 31.5. The van der Waals surface area contributed by atoms with Gasteiger partial charge in [-0.3, -0.25) is 24.0 Å². The van der Waals surface area contributed by atoms with Crippen LogP contribution in [0.2, 0.25) is 10.0 Å². The number of alkyl carbamates (subject to hydrolysis) is 1. The second-order valence-corrected chi connectivity index (χ2v) is 24.4. The number of carbonyl (C=O) groups is 5. The summed E-state index contributed by atoms with van der Waals surface area (Å²) < 4.78 is 41.3. The number of carbonyl (C=O) groups excluding carboxylic acids is 5. The molecule has 0 aliphatic heterocycles. The van der Waals surface area contributed by atoms with Crippen molar-refractivity contribution in [1.29, 1.82) is 0 Å². The van der Waals surface area contributed by atoms with Crippen LogP contribution in [0.25, 0.3) is 66.1 Å². The normalized spacial score (nSPS) is 11.9. The van der Waals surface area contributed by atoms with Gasteiger partial charge in [-0.25, -0.2) is 14.4 Å². The lowest BCUT2D eigenvalue weighted by atomic mass is 9.99. The molecule has 23 heteroatoms. The molecule has 0 spiro atoms. The number of ether oxygens (including phenoxy) is 7. The largest absolute Gasteiger partial charge is 0.495 e. The second-order valence-electron chi connectivity index (χ2n) is 23.6. The number of aryl methyl sites for hydroxylation is 3. The highest BCUT2D eigenvalue weighted by Gasteiger charge is 2.29. The molecule has 510 valence electrons. The van der Waals surface area contributed by atoms with Crippen molar-refractivity contribution in [2.24, 2.45) is 26.9 Å². The van der Waals surface area contributed by atoms with E-state index in [0.29, 0.717) is 51.5 Å². The minimum absolute atomic E-state index is 0.0781. The van der Waals surface area contributed by atoms with Crippen LogP contribution < -0.4 is 47.3 Å². The molecule has 0 saturated carbocycles. The topological polar surface area (TPSA) is 266 Å². The standard InChI is InChI=1S/C28H24Cl2N2O5.C26H30N2O6.C21H22N2O4/c1-32-22-10-5-4-7-18(22)25(36-2)23(27(32)34)17-13-11-16(12-14-17)15-21(28(35)37-3)31-26(33)24-19(29)8-6-9-20(24)30;1-26(2,3)34-25(31)27-19(24(30)33-6)15-16-11-13-17(14-12-16)21-22(32-5)18-9-7-8-10-20(18)28(4)23(21)29;1-23-17-7-5-4-6-15(17)19(26-2)18(20(23)24)14-10-8-13(9-11-14)12-16(22)21(25)27-3/h4-14,21H,15H2,1-3H3,(H,31,33);7-14,19H,15H2,1-6H3,(H,27,31);4-11,16H,12,22H2,1-3H3/t21-;19-;16-/m000/s1. The van der Waals surface area contributed by atoms with Gasteiger partial charge in [0.2, 0.25) is 0 Å². The number of aromatic nitrogens is 3. The van der Waals surface area contributed by atoms with Crippen molar-refractivity contribution >= 4 is 85.8 Å². The molecule has 10 aromatic rings. The third-order valence-corrected chi connectivity index (χ3v) is 16.7. The summed E-state index contributed by atoms with van der Waals surface area (Å²) in [7, 11) is 13.7. The first-order chi connectivity index (χ1) is 46.8. The van der Waals surface area contributed by atoms with Crippen molar-refractivity contribution in [3.05, 3.63) is 227 Å². The number of hydrogen-bond acceptors (Lipinski definition) is 16. The average molecular weight is 1370 g/mol. The smallest absolute Gasteiger partial charge is 0.408 e. The summed E-state index contributed by atoms with van der Waals surface area (Å²) >= 11 is 12.3. The Morgan fingerprint density at radius 3 is 1.07 bits per heavy atom. The SMILES string of the molecule is COC(=O)[C@@H](N)Cc1ccc(-c2c(OC)c3ccccc3n(C)c2=O)cc1.COC(=O)[C@H](Cc1ccc(-c2c(OC)c3ccccc3n(C)c2=O)cc1)NC(=O)OC(C)(C)C.COC(=O)[C@H](Cc1ccc(-c2c(OC)c3ccccc3n(C)c2=O)cc1)NC(=O)c1c(Cl)cccc1Cl. The van der Waals surface area contributed by atoms with E-state index >= 15 is 0 Å². The van der Waals surface area contributed by atoms with Crippen LogP contribution in [0.15, 0.2) is 178 Å². The Kier molecular flexibility index (Phi) is 24.1. The number of esters is 3. The van der Waals surface area contributed by atoms with Crippen LogP contribution >= 0.6 is 23.2 Å². The van der Waals surface area contributed by atoms with E-state index in [-0.39, 0.29) is 45.1 Å². The van der Waals surface area contributed by atoms with Crippen molar-refractivity contribution in [1.82, 2.24) is 24.3 Å². The van der Waals surface area contributed by atoms with Gasteiger partial charge < -0.3 is 63.2 Å². The van der Waals surface area contributed by atoms with Crippen LogP contribution in [0.4, 0.5) is 4.79 Å². The zero-order chi connectivity index (χ0) is 71.3. The van der Waals surface area contributed by atoms with Gasteiger partial charge in [-0.1, -0.05) is 138 Å².